The fraction of sp³-hybridized carbons (Fsp3) is 0.308. The van der Waals surface area contributed by atoms with Gasteiger partial charge < -0.3 is 10.1 Å². The second-order valence-electron chi connectivity index (χ2n) is 9.40. The fourth-order valence-corrected chi connectivity index (χ4v) is 8.18. The van der Waals surface area contributed by atoms with Crippen molar-refractivity contribution in [2.45, 2.75) is 39.5 Å². The van der Waals surface area contributed by atoms with Crippen LogP contribution in [0.1, 0.15) is 13.8 Å². The molecule has 2 nitrogen and oxygen atoms in total. The Balaban J connectivity index is 1.85. The van der Waals surface area contributed by atoms with Crippen LogP contribution in [-0.4, -0.2) is 20.7 Å². The minimum Gasteiger partial charge on any atom is -0.477 e. The highest BCUT2D eigenvalue weighted by atomic mass is 31.1. The zero-order valence-corrected chi connectivity index (χ0v) is 20.5. The number of allylic oxidation sites excluding steroid dienone is 5. The first-order valence-electron chi connectivity index (χ1n) is 10.8. The molecule has 2 aliphatic rings. The third kappa shape index (κ3) is 4.19. The Morgan fingerprint density at radius 1 is 0.900 bits per heavy atom. The van der Waals surface area contributed by atoms with E-state index in [0.717, 1.165) is 12.5 Å². The Bertz CT molecular complexity index is 947. The van der Waals surface area contributed by atoms with Crippen LogP contribution in [0.4, 0.5) is 0 Å². The lowest BCUT2D eigenvalue weighted by Crippen LogP contribution is -2.31. The molecule has 156 valence electrons. The van der Waals surface area contributed by atoms with Crippen LogP contribution in [0.5, 0.6) is 0 Å². The van der Waals surface area contributed by atoms with Gasteiger partial charge in [0.1, 0.15) is 6.61 Å². The van der Waals surface area contributed by atoms with E-state index in [-0.39, 0.29) is 0 Å². The SMILES string of the molecule is CC(C)[C@H]1CO/C(=C2/C(P(c3ccccc3)c3ccccc3)=CC=C2[Si](C)(C)C)N1. The van der Waals surface area contributed by atoms with Crippen LogP contribution in [0.2, 0.25) is 19.6 Å². The van der Waals surface area contributed by atoms with Crippen LogP contribution in [0.15, 0.2) is 94.8 Å². The normalized spacial score (nSPS) is 21.5. The summed E-state index contributed by atoms with van der Waals surface area (Å²) in [7, 11) is -2.21. The topological polar surface area (TPSA) is 21.3 Å². The molecule has 4 rings (SSSR count). The lowest BCUT2D eigenvalue weighted by molar-refractivity contribution is 0.242. The van der Waals surface area contributed by atoms with Crippen molar-refractivity contribution in [3.63, 3.8) is 0 Å². The summed E-state index contributed by atoms with van der Waals surface area (Å²) in [6.07, 6.45) is 4.74. The van der Waals surface area contributed by atoms with Crippen molar-refractivity contribution < 1.29 is 4.74 Å². The lowest BCUT2D eigenvalue weighted by Gasteiger charge is -2.27. The predicted octanol–water partition coefficient (Wildman–Crippen LogP) is 5.68. The molecule has 0 aromatic heterocycles. The zero-order chi connectivity index (χ0) is 21.3. The Hall–Kier alpha value is -2.09. The van der Waals surface area contributed by atoms with Gasteiger partial charge in [-0.2, -0.15) is 0 Å². The average Bonchev–Trinajstić information content (AvgIpc) is 3.37. The van der Waals surface area contributed by atoms with E-state index in [2.05, 4.69) is 112 Å². The fourth-order valence-electron chi connectivity index (χ4n) is 4.03. The largest absolute Gasteiger partial charge is 0.477 e. The first kappa shape index (κ1) is 21.2. The van der Waals surface area contributed by atoms with E-state index >= 15 is 0 Å². The molecular formula is C26H32NOPSi. The minimum atomic E-state index is -1.55. The summed E-state index contributed by atoms with van der Waals surface area (Å²) < 4.78 is 6.31. The summed E-state index contributed by atoms with van der Waals surface area (Å²) >= 11 is 0. The van der Waals surface area contributed by atoms with Crippen molar-refractivity contribution in [2.75, 3.05) is 6.61 Å². The van der Waals surface area contributed by atoms with Crippen LogP contribution >= 0.6 is 7.92 Å². The first-order valence-corrected chi connectivity index (χ1v) is 15.7. The van der Waals surface area contributed by atoms with Crippen LogP contribution in [0, 0.1) is 5.92 Å². The molecule has 0 amide bonds. The number of benzene rings is 2. The third-order valence-corrected chi connectivity index (χ3v) is 10.3. The highest BCUT2D eigenvalue weighted by Gasteiger charge is 2.37. The number of rotatable bonds is 5. The molecule has 0 unspecified atom stereocenters. The van der Waals surface area contributed by atoms with E-state index in [9.17, 15) is 0 Å². The number of nitrogens with one attached hydrogen (secondary N) is 1. The van der Waals surface area contributed by atoms with Crippen LogP contribution in [0.3, 0.4) is 0 Å². The van der Waals surface area contributed by atoms with Gasteiger partial charge in [0.15, 0.2) is 5.88 Å². The van der Waals surface area contributed by atoms with Crippen LogP contribution in [-0.2, 0) is 4.74 Å². The van der Waals surface area contributed by atoms with Gasteiger partial charge >= 0.3 is 0 Å². The van der Waals surface area contributed by atoms with Gasteiger partial charge in [-0.25, -0.2) is 0 Å². The molecule has 4 heteroatoms. The molecule has 30 heavy (non-hydrogen) atoms. The van der Waals surface area contributed by atoms with Crippen molar-refractivity contribution in [1.29, 1.82) is 0 Å². The summed E-state index contributed by atoms with van der Waals surface area (Å²) in [4.78, 5) is 0. The maximum atomic E-state index is 6.31. The van der Waals surface area contributed by atoms with Crippen molar-refractivity contribution >= 4 is 26.6 Å². The standard InChI is InChI=1S/C26H32NOPSi/c1-19(2)22-18-28-26(27-22)25-23(16-17-24(25)30(3,4)5)29(20-12-8-6-9-13-20)21-14-10-7-11-15-21/h6-17,19,22,27H,18H2,1-5H3/b26-25-/t22-/m1/s1. The van der Waals surface area contributed by atoms with E-state index in [0.29, 0.717) is 12.0 Å². The summed E-state index contributed by atoms with van der Waals surface area (Å²) in [5, 5.41) is 9.39. The highest BCUT2D eigenvalue weighted by Crippen LogP contribution is 2.53. The smallest absolute Gasteiger partial charge is 0.195 e. The van der Waals surface area contributed by atoms with Gasteiger partial charge in [-0.15, -0.1) is 0 Å². The molecule has 0 spiro atoms. The van der Waals surface area contributed by atoms with Gasteiger partial charge in [0.25, 0.3) is 0 Å². The van der Waals surface area contributed by atoms with E-state index in [1.54, 1.807) is 0 Å². The van der Waals surface area contributed by atoms with E-state index in [1.807, 2.05) is 0 Å². The molecule has 1 fully saturated rings. The average molecular weight is 434 g/mol. The summed E-state index contributed by atoms with van der Waals surface area (Å²) in [6.45, 7) is 12.6. The highest BCUT2D eigenvalue weighted by molar-refractivity contribution is 7.77. The first-order chi connectivity index (χ1) is 14.4. The lowest BCUT2D eigenvalue weighted by atomic mass is 10.1. The second-order valence-corrected chi connectivity index (χ2v) is 16.6. The maximum absolute atomic E-state index is 6.31. The quantitative estimate of drug-likeness (QED) is 0.484. The Kier molecular flexibility index (Phi) is 6.04. The number of hydrogen-bond donors (Lipinski definition) is 1. The molecule has 1 N–H and O–H groups in total. The monoisotopic (exact) mass is 433 g/mol. The van der Waals surface area contributed by atoms with Crippen molar-refractivity contribution in [1.82, 2.24) is 5.32 Å². The Morgan fingerprint density at radius 2 is 1.47 bits per heavy atom. The molecule has 2 aromatic carbocycles. The summed E-state index contributed by atoms with van der Waals surface area (Å²) in [6, 6.07) is 22.3. The van der Waals surface area contributed by atoms with Crippen LogP contribution < -0.4 is 15.9 Å². The zero-order valence-electron chi connectivity index (χ0n) is 18.6. The van der Waals surface area contributed by atoms with E-state index in [1.165, 1.54) is 26.7 Å². The molecular weight excluding hydrogens is 401 g/mol. The molecule has 1 atom stereocenters. The number of ether oxygens (including phenoxy) is 1. The molecule has 0 bridgehead atoms. The molecule has 2 aromatic rings. The van der Waals surface area contributed by atoms with Gasteiger partial charge in [-0.05, 0) is 35.0 Å². The molecule has 1 aliphatic carbocycles. The third-order valence-electron chi connectivity index (χ3n) is 5.77. The van der Waals surface area contributed by atoms with Gasteiger partial charge in [0.05, 0.1) is 14.1 Å². The van der Waals surface area contributed by atoms with Crippen molar-refractivity contribution in [2.24, 2.45) is 5.92 Å². The predicted molar refractivity (Wildman–Crippen MR) is 133 cm³/mol. The molecule has 1 aliphatic heterocycles. The van der Waals surface area contributed by atoms with Crippen molar-refractivity contribution in [3.8, 4) is 0 Å². The Labute approximate surface area is 183 Å². The molecule has 0 saturated carbocycles. The van der Waals surface area contributed by atoms with E-state index < -0.39 is 16.0 Å². The number of hydrogen-bond acceptors (Lipinski definition) is 2. The minimum absolute atomic E-state index is 0.372. The van der Waals surface area contributed by atoms with E-state index in [4.69, 9.17) is 4.74 Å². The van der Waals surface area contributed by atoms with Crippen molar-refractivity contribution in [3.05, 3.63) is 94.8 Å². The molecule has 1 saturated heterocycles. The van der Waals surface area contributed by atoms with Crippen LogP contribution in [0.25, 0.3) is 0 Å². The summed E-state index contributed by atoms with van der Waals surface area (Å²) in [5.41, 5.74) is 1.33. The molecule has 0 radical (unpaired) electrons. The van der Waals surface area contributed by atoms with Gasteiger partial charge in [0, 0.05) is 5.57 Å². The van der Waals surface area contributed by atoms with Gasteiger partial charge in [-0.3, -0.25) is 0 Å². The van der Waals surface area contributed by atoms with Gasteiger partial charge in [0.2, 0.25) is 0 Å². The molecule has 1 heterocycles. The second kappa shape index (κ2) is 8.57. The summed E-state index contributed by atoms with van der Waals surface area (Å²) in [5.74, 6) is 1.53. The maximum Gasteiger partial charge on any atom is 0.195 e. The van der Waals surface area contributed by atoms with Gasteiger partial charge in [-0.1, -0.05) is 106 Å². The Morgan fingerprint density at radius 3 is 1.93 bits per heavy atom.